The third-order valence-electron chi connectivity index (χ3n) is 18.6. The Morgan fingerprint density at radius 1 is 0.423 bits per heavy atom. The van der Waals surface area contributed by atoms with E-state index in [-0.39, 0.29) is 5.41 Å². The van der Waals surface area contributed by atoms with E-state index in [0.717, 1.165) is 29.6 Å². The standard InChI is InChI=1S/C69H52N2/c1-3-18-49(19-4-1)69(50-20-5-2-6-21-50)59-26-12-9-24-55(59)56-38-36-52(41-61(56)69)70(64-30-16-13-27-60(64)68-42-47-39-46-40-48(43-68)66(68)65(46)47)51-34-31-45(32-35-51)53-22-10-14-28-62(53)71-63-29-15-11-25-57(63)58-37-33-44-17-7-8-23-54(44)67(58)71/h1-38,41,46-48,65-66H,39-40,42-43H2/t46-,47?,48?,65+,66?,68-/m1/s1. The van der Waals surface area contributed by atoms with Gasteiger partial charge in [0.25, 0.3) is 0 Å². The van der Waals surface area contributed by atoms with Gasteiger partial charge in [-0.05, 0) is 148 Å². The van der Waals surface area contributed by atoms with Crippen molar-refractivity contribution in [2.24, 2.45) is 29.6 Å². The second-order valence-corrected chi connectivity index (χ2v) is 21.6. The van der Waals surface area contributed by atoms with Gasteiger partial charge in [-0.25, -0.2) is 0 Å². The van der Waals surface area contributed by atoms with Crippen LogP contribution in [-0.2, 0) is 10.8 Å². The van der Waals surface area contributed by atoms with E-state index < -0.39 is 5.41 Å². The van der Waals surface area contributed by atoms with Gasteiger partial charge in [-0.15, -0.1) is 0 Å². The zero-order valence-corrected chi connectivity index (χ0v) is 39.6. The van der Waals surface area contributed by atoms with Crippen molar-refractivity contribution in [3.63, 3.8) is 0 Å². The molecule has 338 valence electrons. The maximum absolute atomic E-state index is 2.64. The minimum absolute atomic E-state index is 0.246. The zero-order chi connectivity index (χ0) is 46.4. The molecule has 0 N–H and O–H groups in total. The van der Waals surface area contributed by atoms with E-state index in [1.807, 2.05) is 0 Å². The Labute approximate surface area is 415 Å². The predicted octanol–water partition coefficient (Wildman–Crippen LogP) is 17.4. The fourth-order valence-electron chi connectivity index (χ4n) is 16.1. The lowest BCUT2D eigenvalue weighted by Gasteiger charge is -2.52. The Hall–Kier alpha value is -7.94. The molecule has 3 unspecified atom stereocenters. The van der Waals surface area contributed by atoms with Crippen LogP contribution < -0.4 is 4.90 Å². The zero-order valence-electron chi connectivity index (χ0n) is 39.6. The van der Waals surface area contributed by atoms with Crippen molar-refractivity contribution in [1.82, 2.24) is 4.57 Å². The number of rotatable bonds is 8. The Morgan fingerprint density at radius 3 is 1.86 bits per heavy atom. The maximum Gasteiger partial charge on any atom is 0.0714 e. The first kappa shape index (κ1) is 39.9. The molecule has 1 heterocycles. The van der Waals surface area contributed by atoms with Gasteiger partial charge in [-0.2, -0.15) is 0 Å². The summed E-state index contributed by atoms with van der Waals surface area (Å²) in [6.07, 6.45) is 5.59. The van der Waals surface area contributed by atoms with Crippen molar-refractivity contribution in [1.29, 1.82) is 0 Å². The Morgan fingerprint density at radius 2 is 1.04 bits per heavy atom. The largest absolute Gasteiger partial charge is 0.310 e. The van der Waals surface area contributed by atoms with Crippen molar-refractivity contribution in [3.8, 4) is 27.9 Å². The van der Waals surface area contributed by atoms with E-state index in [1.165, 1.54) is 126 Å². The number of hydrogen-bond acceptors (Lipinski definition) is 1. The van der Waals surface area contributed by atoms with Crippen LogP contribution in [0.1, 0.15) is 53.5 Å². The summed E-state index contributed by atoms with van der Waals surface area (Å²) in [5.41, 5.74) is 19.0. The van der Waals surface area contributed by atoms with Gasteiger partial charge in [0.1, 0.15) is 0 Å². The molecule has 0 bridgehead atoms. The van der Waals surface area contributed by atoms with Gasteiger partial charge in [0.2, 0.25) is 0 Å². The van der Waals surface area contributed by atoms with Gasteiger partial charge in [0, 0.05) is 44.2 Å². The van der Waals surface area contributed by atoms with Crippen LogP contribution in [0.25, 0.3) is 60.5 Å². The van der Waals surface area contributed by atoms with Gasteiger partial charge < -0.3 is 9.47 Å². The van der Waals surface area contributed by atoms with Crippen LogP contribution in [0.15, 0.2) is 237 Å². The molecule has 71 heavy (non-hydrogen) atoms. The number of aromatic nitrogens is 1. The second kappa shape index (κ2) is 14.8. The number of benzene rings is 10. The molecule has 2 nitrogen and oxygen atoms in total. The molecule has 0 spiro atoms. The first-order valence-corrected chi connectivity index (χ1v) is 26.0. The molecule has 5 aliphatic carbocycles. The van der Waals surface area contributed by atoms with Gasteiger partial charge in [0.05, 0.1) is 22.1 Å². The van der Waals surface area contributed by atoms with Crippen LogP contribution in [0.2, 0.25) is 0 Å². The van der Waals surface area contributed by atoms with E-state index >= 15 is 0 Å². The summed E-state index contributed by atoms with van der Waals surface area (Å²) in [6.45, 7) is 0. The lowest BCUT2D eigenvalue weighted by Crippen LogP contribution is -2.47. The molecule has 2 heteroatoms. The predicted molar refractivity (Wildman–Crippen MR) is 293 cm³/mol. The molecule has 4 fully saturated rings. The fraction of sp³-hybridized carbons (Fsp3) is 0.159. The average molecular weight is 909 g/mol. The highest BCUT2D eigenvalue weighted by Gasteiger charge is 2.73. The summed E-state index contributed by atoms with van der Waals surface area (Å²) in [5.74, 6) is 4.49. The second-order valence-electron chi connectivity index (χ2n) is 21.6. The Bertz CT molecular complexity index is 3900. The molecule has 0 amide bonds. The molecule has 11 aromatic rings. The monoisotopic (exact) mass is 908 g/mol. The number of para-hydroxylation sites is 3. The molecule has 0 radical (unpaired) electrons. The Balaban J connectivity index is 0.902. The van der Waals surface area contributed by atoms with Gasteiger partial charge >= 0.3 is 0 Å². The quantitative estimate of drug-likeness (QED) is 0.147. The summed E-state index contributed by atoms with van der Waals surface area (Å²) in [7, 11) is 0. The van der Waals surface area contributed by atoms with Crippen molar-refractivity contribution < 1.29 is 0 Å². The molecule has 6 atom stereocenters. The fourth-order valence-corrected chi connectivity index (χ4v) is 16.1. The highest BCUT2D eigenvalue weighted by atomic mass is 15.1. The van der Waals surface area contributed by atoms with Gasteiger partial charge in [0.15, 0.2) is 0 Å². The molecule has 10 aromatic carbocycles. The molecular formula is C69H52N2. The van der Waals surface area contributed by atoms with Crippen LogP contribution in [0, 0.1) is 29.6 Å². The maximum atomic E-state index is 2.64. The summed E-state index contributed by atoms with van der Waals surface area (Å²) >= 11 is 0. The smallest absolute Gasteiger partial charge is 0.0714 e. The highest BCUT2D eigenvalue weighted by molar-refractivity contribution is 6.19. The molecule has 5 aliphatic rings. The number of nitrogens with zero attached hydrogens (tertiary/aromatic N) is 2. The highest BCUT2D eigenvalue weighted by Crippen LogP contribution is 2.79. The van der Waals surface area contributed by atoms with Crippen molar-refractivity contribution in [3.05, 3.63) is 264 Å². The van der Waals surface area contributed by atoms with Crippen LogP contribution in [-0.4, -0.2) is 4.57 Å². The van der Waals surface area contributed by atoms with E-state index in [2.05, 4.69) is 246 Å². The first-order chi connectivity index (χ1) is 35.2. The van der Waals surface area contributed by atoms with Crippen LogP contribution in [0.3, 0.4) is 0 Å². The Kier molecular flexibility index (Phi) is 8.31. The normalized spacial score (nSPS) is 22.7. The van der Waals surface area contributed by atoms with Crippen LogP contribution in [0.5, 0.6) is 0 Å². The third-order valence-corrected chi connectivity index (χ3v) is 18.6. The van der Waals surface area contributed by atoms with Crippen molar-refractivity contribution >= 4 is 49.6 Å². The van der Waals surface area contributed by atoms with E-state index in [9.17, 15) is 0 Å². The molecule has 1 aromatic heterocycles. The minimum Gasteiger partial charge on any atom is -0.310 e. The number of hydrogen-bond donors (Lipinski definition) is 0. The molecule has 0 aliphatic heterocycles. The van der Waals surface area contributed by atoms with Crippen molar-refractivity contribution in [2.45, 2.75) is 36.5 Å². The van der Waals surface area contributed by atoms with Crippen LogP contribution in [0.4, 0.5) is 17.1 Å². The molecule has 0 saturated heterocycles. The number of fused-ring (bicyclic) bond motifs is 8. The lowest BCUT2D eigenvalue weighted by atomic mass is 9.53. The number of anilines is 3. The van der Waals surface area contributed by atoms with Gasteiger partial charge in [-0.3, -0.25) is 0 Å². The van der Waals surface area contributed by atoms with Crippen molar-refractivity contribution in [2.75, 3.05) is 4.90 Å². The third kappa shape index (κ3) is 5.32. The summed E-state index contributed by atoms with van der Waals surface area (Å²) in [6, 6.07) is 89.6. The average Bonchev–Trinajstić information content (AvgIpc) is 4.07. The van der Waals surface area contributed by atoms with E-state index in [4.69, 9.17) is 0 Å². The summed E-state index contributed by atoms with van der Waals surface area (Å²) in [5, 5.41) is 5.07. The minimum atomic E-state index is -0.495. The summed E-state index contributed by atoms with van der Waals surface area (Å²) < 4.78 is 2.51. The molecular weight excluding hydrogens is 857 g/mol. The summed E-state index contributed by atoms with van der Waals surface area (Å²) in [4.78, 5) is 2.64. The van der Waals surface area contributed by atoms with Crippen LogP contribution >= 0.6 is 0 Å². The SMILES string of the molecule is c1ccc(C2(c3ccccc3)c3ccccc3-c3ccc(N(c4ccc(-c5ccccc5-n5c6ccccc6c6ccc7ccccc7c65)cc4)c4ccccc4[C@]45CC6C[C@H]7CC(C4)[C@H]7C65)cc32)cc1. The van der Waals surface area contributed by atoms with E-state index in [0.29, 0.717) is 0 Å². The first-order valence-electron chi connectivity index (χ1n) is 26.0. The molecule has 16 rings (SSSR count). The topological polar surface area (TPSA) is 8.17 Å². The van der Waals surface area contributed by atoms with Gasteiger partial charge in [-0.1, -0.05) is 194 Å². The van der Waals surface area contributed by atoms with E-state index in [1.54, 1.807) is 5.56 Å². The molecule has 4 saturated carbocycles. The lowest BCUT2D eigenvalue weighted by molar-refractivity contribution is 0.0688.